The number of sulfonamides is 1. The normalized spacial score (nSPS) is 19.0. The summed E-state index contributed by atoms with van der Waals surface area (Å²) in [6, 6.07) is 4.00. The van der Waals surface area contributed by atoms with E-state index in [9.17, 15) is 26.4 Å². The van der Waals surface area contributed by atoms with E-state index >= 15 is 0 Å². The van der Waals surface area contributed by atoms with Gasteiger partial charge in [0.05, 0.1) is 11.9 Å². The molecule has 0 saturated carbocycles. The maximum Gasteiger partial charge on any atom is 0.573 e. The number of hydrogen-bond donors (Lipinski definition) is 2. The number of ether oxygens (including phenoxy) is 1. The summed E-state index contributed by atoms with van der Waals surface area (Å²) in [6.45, 7) is 1.87. The van der Waals surface area contributed by atoms with Crippen LogP contribution in [-0.4, -0.2) is 43.6 Å². The highest BCUT2D eigenvalue weighted by atomic mass is 32.2. The first-order valence-corrected chi connectivity index (χ1v) is 9.64. The number of nitrogens with one attached hydrogen (secondary N) is 2. The first-order chi connectivity index (χ1) is 12.1. The molecule has 1 heterocycles. The van der Waals surface area contributed by atoms with E-state index in [2.05, 4.69) is 15.4 Å². The van der Waals surface area contributed by atoms with Gasteiger partial charge in [-0.15, -0.1) is 13.2 Å². The molecule has 1 aliphatic rings. The van der Waals surface area contributed by atoms with E-state index in [-0.39, 0.29) is 11.4 Å². The van der Waals surface area contributed by atoms with Crippen molar-refractivity contribution in [3.8, 4) is 5.75 Å². The van der Waals surface area contributed by atoms with Gasteiger partial charge in [0.15, 0.2) is 0 Å². The largest absolute Gasteiger partial charge is 0.573 e. The van der Waals surface area contributed by atoms with Gasteiger partial charge in [-0.25, -0.2) is 13.2 Å². The van der Waals surface area contributed by atoms with Gasteiger partial charge < -0.3 is 15.4 Å². The summed E-state index contributed by atoms with van der Waals surface area (Å²) in [5, 5.41) is 5.06. The number of rotatable bonds is 5. The predicted molar refractivity (Wildman–Crippen MR) is 89.1 cm³/mol. The van der Waals surface area contributed by atoms with E-state index in [0.29, 0.717) is 13.0 Å². The van der Waals surface area contributed by atoms with Crippen molar-refractivity contribution in [3.63, 3.8) is 0 Å². The molecule has 0 bridgehead atoms. The number of amides is 2. The smallest absolute Gasteiger partial charge is 0.406 e. The monoisotopic (exact) mass is 395 g/mol. The van der Waals surface area contributed by atoms with Crippen LogP contribution in [0, 0.1) is 0 Å². The lowest BCUT2D eigenvalue weighted by Gasteiger charge is -2.34. The quantitative estimate of drug-likeness (QED) is 0.803. The molecule has 7 nitrogen and oxygen atoms in total. The molecule has 1 saturated heterocycles. The van der Waals surface area contributed by atoms with Gasteiger partial charge in [0.2, 0.25) is 10.0 Å². The van der Waals surface area contributed by atoms with Gasteiger partial charge in [0, 0.05) is 12.2 Å². The highest BCUT2D eigenvalue weighted by Gasteiger charge is 2.32. The van der Waals surface area contributed by atoms with E-state index in [0.717, 1.165) is 25.0 Å². The standard InChI is InChI=1S/C15H20F3N3O4S/c1-2-26(23,24)21-10-4-3-5-13(21)20-14(22)19-11-6-8-12(9-7-11)25-15(16,17)18/h6-9,13H,2-5,10H2,1H3,(H2,19,20,22). The molecule has 1 fully saturated rings. The minimum Gasteiger partial charge on any atom is -0.406 e. The zero-order chi connectivity index (χ0) is 19.4. The van der Waals surface area contributed by atoms with Crippen molar-refractivity contribution < 1.29 is 31.1 Å². The second-order valence-corrected chi connectivity index (χ2v) is 7.90. The van der Waals surface area contributed by atoms with Crippen LogP contribution < -0.4 is 15.4 Å². The Morgan fingerprint density at radius 3 is 2.50 bits per heavy atom. The molecule has 0 radical (unpaired) electrons. The van der Waals surface area contributed by atoms with Gasteiger partial charge in [-0.05, 0) is 50.5 Å². The molecule has 11 heteroatoms. The van der Waals surface area contributed by atoms with Crippen LogP contribution in [0.2, 0.25) is 0 Å². The molecule has 0 spiro atoms. The van der Waals surface area contributed by atoms with E-state index in [1.54, 1.807) is 0 Å². The molecule has 146 valence electrons. The Balaban J connectivity index is 1.97. The molecule has 2 rings (SSSR count). The fraction of sp³-hybridized carbons (Fsp3) is 0.533. The summed E-state index contributed by atoms with van der Waals surface area (Å²) in [7, 11) is -3.44. The third-order valence-corrected chi connectivity index (χ3v) is 5.70. The highest BCUT2D eigenvalue weighted by Crippen LogP contribution is 2.24. The minimum atomic E-state index is -4.79. The van der Waals surface area contributed by atoms with Gasteiger partial charge in [-0.1, -0.05) is 0 Å². The van der Waals surface area contributed by atoms with Crippen molar-refractivity contribution >= 4 is 21.7 Å². The Hall–Kier alpha value is -2.01. The van der Waals surface area contributed by atoms with Crippen LogP contribution in [0.3, 0.4) is 0 Å². The lowest BCUT2D eigenvalue weighted by molar-refractivity contribution is -0.274. The van der Waals surface area contributed by atoms with Crippen LogP contribution in [-0.2, 0) is 10.0 Å². The average Bonchev–Trinajstić information content (AvgIpc) is 2.55. The number of urea groups is 1. The van der Waals surface area contributed by atoms with Gasteiger partial charge >= 0.3 is 12.4 Å². The zero-order valence-electron chi connectivity index (χ0n) is 14.0. The van der Waals surface area contributed by atoms with Crippen LogP contribution in [0.25, 0.3) is 0 Å². The summed E-state index contributed by atoms with van der Waals surface area (Å²) in [6.07, 6.45) is -3.45. The Bertz CT molecular complexity index is 723. The molecule has 0 aliphatic carbocycles. The number of anilines is 1. The van der Waals surface area contributed by atoms with Crippen molar-refractivity contribution in [1.29, 1.82) is 0 Å². The maximum atomic E-state index is 12.1. The zero-order valence-corrected chi connectivity index (χ0v) is 14.9. The Morgan fingerprint density at radius 2 is 1.92 bits per heavy atom. The number of halogens is 3. The van der Waals surface area contributed by atoms with Crippen LogP contribution in [0.4, 0.5) is 23.7 Å². The molecule has 1 aromatic carbocycles. The summed E-state index contributed by atoms with van der Waals surface area (Å²) in [5.41, 5.74) is 0.248. The molecule has 1 aliphatic heterocycles. The first kappa shape index (κ1) is 20.3. The van der Waals surface area contributed by atoms with Gasteiger partial charge in [-0.3, -0.25) is 0 Å². The molecule has 2 amide bonds. The third-order valence-electron chi connectivity index (χ3n) is 3.82. The predicted octanol–water partition coefficient (Wildman–Crippen LogP) is 2.87. The fourth-order valence-corrected chi connectivity index (χ4v) is 3.89. The van der Waals surface area contributed by atoms with Crippen LogP contribution >= 0.6 is 0 Å². The fourth-order valence-electron chi connectivity index (χ4n) is 2.61. The molecule has 2 N–H and O–H groups in total. The maximum absolute atomic E-state index is 12.1. The lowest BCUT2D eigenvalue weighted by atomic mass is 10.1. The van der Waals surface area contributed by atoms with Crippen LogP contribution in [0.15, 0.2) is 24.3 Å². The SMILES string of the molecule is CCS(=O)(=O)N1CCCCC1NC(=O)Nc1ccc(OC(F)(F)F)cc1. The number of hydrogen-bond acceptors (Lipinski definition) is 4. The summed E-state index contributed by atoms with van der Waals surface area (Å²) in [4.78, 5) is 12.1. The Morgan fingerprint density at radius 1 is 1.27 bits per heavy atom. The van der Waals surface area contributed by atoms with Crippen LogP contribution in [0.1, 0.15) is 26.2 Å². The van der Waals surface area contributed by atoms with Gasteiger partial charge in [-0.2, -0.15) is 4.31 Å². The number of nitrogens with zero attached hydrogens (tertiary/aromatic N) is 1. The molecule has 0 aromatic heterocycles. The number of carbonyl (C=O) groups is 1. The lowest BCUT2D eigenvalue weighted by Crippen LogP contribution is -2.54. The molecule has 1 aromatic rings. The molecule has 1 atom stereocenters. The molecular formula is C15H20F3N3O4S. The van der Waals surface area contributed by atoms with Crippen molar-refractivity contribution in [2.75, 3.05) is 17.6 Å². The van der Waals surface area contributed by atoms with Gasteiger partial charge in [0.1, 0.15) is 5.75 Å². The van der Waals surface area contributed by atoms with Crippen molar-refractivity contribution in [1.82, 2.24) is 9.62 Å². The summed E-state index contributed by atoms with van der Waals surface area (Å²) >= 11 is 0. The third kappa shape index (κ3) is 5.77. The number of alkyl halides is 3. The Kier molecular flexibility index (Phi) is 6.34. The topological polar surface area (TPSA) is 87.7 Å². The van der Waals surface area contributed by atoms with E-state index < -0.39 is 34.3 Å². The average molecular weight is 395 g/mol. The molecule has 1 unspecified atom stereocenters. The number of piperidine rings is 1. The number of benzene rings is 1. The summed E-state index contributed by atoms with van der Waals surface area (Å²) in [5.74, 6) is -0.469. The second-order valence-electron chi connectivity index (χ2n) is 5.69. The van der Waals surface area contributed by atoms with E-state index in [4.69, 9.17) is 0 Å². The van der Waals surface area contributed by atoms with E-state index in [1.165, 1.54) is 23.4 Å². The Labute approximate surface area is 149 Å². The van der Waals surface area contributed by atoms with Gasteiger partial charge in [0.25, 0.3) is 0 Å². The van der Waals surface area contributed by atoms with Crippen molar-refractivity contribution in [2.45, 2.75) is 38.7 Å². The molecular weight excluding hydrogens is 375 g/mol. The van der Waals surface area contributed by atoms with Crippen molar-refractivity contribution in [3.05, 3.63) is 24.3 Å². The first-order valence-electron chi connectivity index (χ1n) is 8.03. The number of carbonyl (C=O) groups excluding carboxylic acids is 1. The minimum absolute atomic E-state index is 0.0620. The van der Waals surface area contributed by atoms with Crippen molar-refractivity contribution in [2.24, 2.45) is 0 Å². The summed E-state index contributed by atoms with van der Waals surface area (Å²) < 4.78 is 65.6. The van der Waals surface area contributed by atoms with E-state index in [1.807, 2.05) is 0 Å². The van der Waals surface area contributed by atoms with Crippen LogP contribution in [0.5, 0.6) is 5.75 Å². The highest BCUT2D eigenvalue weighted by molar-refractivity contribution is 7.89. The second kappa shape index (κ2) is 8.12. The molecule has 26 heavy (non-hydrogen) atoms.